The van der Waals surface area contributed by atoms with Crippen LogP contribution in [-0.2, 0) is 9.59 Å². The maximum atomic E-state index is 11.9. The summed E-state index contributed by atoms with van der Waals surface area (Å²) in [4.78, 5) is 23.6. The van der Waals surface area contributed by atoms with E-state index in [-0.39, 0.29) is 17.1 Å². The molecule has 0 spiro atoms. The van der Waals surface area contributed by atoms with E-state index in [1.165, 1.54) is 0 Å². The molecule has 4 heteroatoms. The first-order valence-electron chi connectivity index (χ1n) is 9.34. The fourth-order valence-electron chi connectivity index (χ4n) is 2.99. The van der Waals surface area contributed by atoms with Crippen LogP contribution in [0.25, 0.3) is 0 Å². The average Bonchev–Trinajstić information content (AvgIpc) is 2.54. The quantitative estimate of drug-likeness (QED) is 0.339. The normalized spacial score (nSPS) is 14.2. The van der Waals surface area contributed by atoms with Crippen molar-refractivity contribution in [2.75, 3.05) is 0 Å². The molecule has 0 aromatic heterocycles. The van der Waals surface area contributed by atoms with Gasteiger partial charge in [-0.05, 0) is 38.0 Å². The van der Waals surface area contributed by atoms with Gasteiger partial charge in [0.15, 0.2) is 0 Å². The van der Waals surface area contributed by atoms with Crippen molar-refractivity contribution in [3.63, 3.8) is 0 Å². The Labute approximate surface area is 146 Å². The topological polar surface area (TPSA) is 74.6 Å². The second-order valence-electron chi connectivity index (χ2n) is 6.27. The Hall–Kier alpha value is -1.58. The van der Waals surface area contributed by atoms with E-state index in [2.05, 4.69) is 20.8 Å². The number of hydrogen-bond donors (Lipinski definition) is 2. The summed E-state index contributed by atoms with van der Waals surface area (Å²) < 4.78 is 0. The molecule has 0 fully saturated rings. The molecule has 0 aliphatic heterocycles. The van der Waals surface area contributed by atoms with Crippen LogP contribution in [0, 0.1) is 5.92 Å². The first-order valence-corrected chi connectivity index (χ1v) is 9.34. The summed E-state index contributed by atoms with van der Waals surface area (Å²) in [7, 11) is 0. The highest BCUT2D eigenvalue weighted by atomic mass is 16.4. The van der Waals surface area contributed by atoms with Crippen molar-refractivity contribution in [2.24, 2.45) is 5.92 Å². The maximum absolute atomic E-state index is 11.9. The lowest BCUT2D eigenvalue weighted by atomic mass is 9.82. The van der Waals surface area contributed by atoms with Gasteiger partial charge in [0.25, 0.3) is 0 Å². The summed E-state index contributed by atoms with van der Waals surface area (Å²) in [5.74, 6) is -2.10. The van der Waals surface area contributed by atoms with E-state index in [4.69, 9.17) is 0 Å². The molecule has 1 atom stereocenters. The minimum Gasteiger partial charge on any atom is -0.478 e. The highest BCUT2D eigenvalue weighted by Gasteiger charge is 2.27. The van der Waals surface area contributed by atoms with Crippen LogP contribution >= 0.6 is 0 Å². The lowest BCUT2D eigenvalue weighted by Gasteiger charge is -2.22. The molecule has 4 nitrogen and oxygen atoms in total. The van der Waals surface area contributed by atoms with E-state index in [1.807, 2.05) is 6.92 Å². The van der Waals surface area contributed by atoms with Crippen molar-refractivity contribution >= 4 is 11.9 Å². The molecule has 0 aliphatic rings. The number of carboxylic acids is 2. The van der Waals surface area contributed by atoms with Crippen LogP contribution in [0.2, 0.25) is 0 Å². The first kappa shape index (κ1) is 22.4. The molecule has 0 amide bonds. The summed E-state index contributed by atoms with van der Waals surface area (Å²) in [6.07, 6.45) is 9.30. The maximum Gasteiger partial charge on any atom is 0.336 e. The van der Waals surface area contributed by atoms with Gasteiger partial charge in [-0.2, -0.15) is 0 Å². The van der Waals surface area contributed by atoms with Crippen LogP contribution in [-0.4, -0.2) is 22.2 Å². The number of carboxylic acid groups (broad SMARTS) is 2. The molecule has 138 valence electrons. The number of unbranched alkanes of at least 4 members (excludes halogenated alkanes) is 3. The highest BCUT2D eigenvalue weighted by Crippen LogP contribution is 2.32. The Morgan fingerprint density at radius 2 is 1.54 bits per heavy atom. The molecule has 0 aromatic rings. The smallest absolute Gasteiger partial charge is 0.336 e. The van der Waals surface area contributed by atoms with E-state index in [0.29, 0.717) is 12.8 Å². The molecule has 0 saturated heterocycles. The molecule has 0 rings (SSSR count). The fraction of sp³-hybridized carbons (Fsp3) is 0.700. The van der Waals surface area contributed by atoms with Gasteiger partial charge >= 0.3 is 11.9 Å². The Bertz CT molecular complexity index is 460. The molecule has 0 aliphatic carbocycles. The first-order chi connectivity index (χ1) is 11.4. The number of aliphatic carboxylic acids is 2. The second kappa shape index (κ2) is 12.8. The Kier molecular flexibility index (Phi) is 12.0. The summed E-state index contributed by atoms with van der Waals surface area (Å²) in [6, 6.07) is 0. The molecular weight excluding hydrogens is 304 g/mol. The van der Waals surface area contributed by atoms with E-state index in [1.54, 1.807) is 6.08 Å². The van der Waals surface area contributed by atoms with Gasteiger partial charge < -0.3 is 10.2 Å². The number of rotatable bonds is 13. The van der Waals surface area contributed by atoms with Crippen molar-refractivity contribution < 1.29 is 19.8 Å². The number of carbonyl (C=O) groups is 2. The summed E-state index contributed by atoms with van der Waals surface area (Å²) in [5, 5.41) is 19.3. The Balaban J connectivity index is 6.14. The molecule has 0 aromatic carbocycles. The minimum absolute atomic E-state index is 0.0346. The molecule has 0 bridgehead atoms. The van der Waals surface area contributed by atoms with E-state index >= 15 is 0 Å². The van der Waals surface area contributed by atoms with Crippen molar-refractivity contribution in [3.05, 3.63) is 22.8 Å². The fourth-order valence-corrected chi connectivity index (χ4v) is 2.99. The van der Waals surface area contributed by atoms with Crippen molar-refractivity contribution in [3.8, 4) is 0 Å². The van der Waals surface area contributed by atoms with Gasteiger partial charge in [0.2, 0.25) is 0 Å². The van der Waals surface area contributed by atoms with Crippen molar-refractivity contribution in [1.82, 2.24) is 0 Å². The zero-order chi connectivity index (χ0) is 18.5. The van der Waals surface area contributed by atoms with Crippen molar-refractivity contribution in [1.29, 1.82) is 0 Å². The molecule has 24 heavy (non-hydrogen) atoms. The Morgan fingerprint density at radius 1 is 0.917 bits per heavy atom. The van der Waals surface area contributed by atoms with Gasteiger partial charge in [-0.15, -0.1) is 0 Å². The largest absolute Gasteiger partial charge is 0.478 e. The third-order valence-electron chi connectivity index (χ3n) is 4.36. The third-order valence-corrected chi connectivity index (χ3v) is 4.36. The van der Waals surface area contributed by atoms with Crippen LogP contribution in [0.15, 0.2) is 22.8 Å². The predicted octanol–water partition coefficient (Wildman–Crippen LogP) is 5.59. The van der Waals surface area contributed by atoms with Crippen molar-refractivity contribution in [2.45, 2.75) is 85.5 Å². The predicted molar refractivity (Wildman–Crippen MR) is 98.1 cm³/mol. The van der Waals surface area contributed by atoms with Gasteiger partial charge in [-0.25, -0.2) is 9.59 Å². The summed E-state index contributed by atoms with van der Waals surface area (Å²) in [5.41, 5.74) is 0.822. The monoisotopic (exact) mass is 338 g/mol. The van der Waals surface area contributed by atoms with Crippen LogP contribution in [0.3, 0.4) is 0 Å². The zero-order valence-electron chi connectivity index (χ0n) is 15.7. The molecule has 0 saturated carbocycles. The van der Waals surface area contributed by atoms with Gasteiger partial charge in [0.1, 0.15) is 0 Å². The van der Waals surface area contributed by atoms with Crippen LogP contribution in [0.1, 0.15) is 85.5 Å². The van der Waals surface area contributed by atoms with E-state index < -0.39 is 11.9 Å². The lowest BCUT2D eigenvalue weighted by molar-refractivity contribution is -0.136. The van der Waals surface area contributed by atoms with Crippen LogP contribution in [0.4, 0.5) is 0 Å². The molecule has 1 unspecified atom stereocenters. The standard InChI is InChI=1S/C20H34O4/c1-5-9-12-15(8-4)16(13-10-6-2)18(20(23)24)17(19(21)22)14-11-7-3/h14-15H,5-13H2,1-4H3,(H,21,22)(H,23,24). The van der Waals surface area contributed by atoms with Gasteiger partial charge in [-0.3, -0.25) is 0 Å². The molecule has 2 N–H and O–H groups in total. The molecular formula is C20H34O4. The van der Waals surface area contributed by atoms with E-state index in [9.17, 15) is 19.8 Å². The highest BCUT2D eigenvalue weighted by molar-refractivity contribution is 6.06. The second-order valence-corrected chi connectivity index (χ2v) is 6.27. The zero-order valence-corrected chi connectivity index (χ0v) is 15.7. The Morgan fingerprint density at radius 3 is 1.96 bits per heavy atom. The number of allylic oxidation sites excluding steroid dienone is 2. The van der Waals surface area contributed by atoms with Crippen LogP contribution < -0.4 is 0 Å². The molecule has 0 radical (unpaired) electrons. The summed E-state index contributed by atoms with van der Waals surface area (Å²) in [6.45, 7) is 8.19. The average molecular weight is 338 g/mol. The van der Waals surface area contributed by atoms with Gasteiger partial charge in [0.05, 0.1) is 11.1 Å². The summed E-state index contributed by atoms with van der Waals surface area (Å²) >= 11 is 0. The van der Waals surface area contributed by atoms with E-state index in [0.717, 1.165) is 50.5 Å². The number of hydrogen-bond acceptors (Lipinski definition) is 2. The van der Waals surface area contributed by atoms with Gasteiger partial charge in [-0.1, -0.05) is 65.0 Å². The minimum atomic E-state index is -1.14. The van der Waals surface area contributed by atoms with Crippen LogP contribution in [0.5, 0.6) is 0 Å². The lowest BCUT2D eigenvalue weighted by Crippen LogP contribution is -2.18. The van der Waals surface area contributed by atoms with Gasteiger partial charge in [0, 0.05) is 0 Å². The SMILES string of the molecule is CCCC=C(C(=O)O)C(C(=O)O)=C(CCCC)C(CC)CCCC. The molecule has 0 heterocycles. The third kappa shape index (κ3) is 7.33.